The van der Waals surface area contributed by atoms with Gasteiger partial charge in [0.1, 0.15) is 5.60 Å². The van der Waals surface area contributed by atoms with Gasteiger partial charge in [-0.05, 0) is 38.9 Å². The zero-order valence-corrected chi connectivity index (χ0v) is 13.9. The number of hydrogen-bond acceptors (Lipinski definition) is 9. The van der Waals surface area contributed by atoms with E-state index in [1.54, 1.807) is 25.8 Å². The van der Waals surface area contributed by atoms with Gasteiger partial charge in [-0.25, -0.2) is 9.63 Å². The van der Waals surface area contributed by atoms with Crippen molar-refractivity contribution in [3.05, 3.63) is 0 Å². The van der Waals surface area contributed by atoms with Crippen LogP contribution < -0.4 is 5.59 Å². The van der Waals surface area contributed by atoms with Gasteiger partial charge in [-0.1, -0.05) is 5.59 Å². The molecule has 0 aromatic heterocycles. The summed E-state index contributed by atoms with van der Waals surface area (Å²) in [6, 6.07) is -0.0434. The third-order valence-corrected chi connectivity index (χ3v) is 2.91. The predicted molar refractivity (Wildman–Crippen MR) is 76.7 cm³/mol. The first kappa shape index (κ1) is 19.1. The van der Waals surface area contributed by atoms with Crippen LogP contribution in [0.25, 0.3) is 0 Å². The molecule has 130 valence electrons. The minimum atomic E-state index is -0.886. The molecule has 0 amide bonds. The highest BCUT2D eigenvalue weighted by atomic mass is 16.9. The maximum atomic E-state index is 11.5. The van der Waals surface area contributed by atoms with E-state index in [2.05, 4.69) is 5.59 Å². The van der Waals surface area contributed by atoms with Gasteiger partial charge in [-0.3, -0.25) is 4.84 Å². The Hall–Kier alpha value is -0.970. The molecular formula is C13H27N3O6. The summed E-state index contributed by atoms with van der Waals surface area (Å²) in [5.74, 6) is 0. The summed E-state index contributed by atoms with van der Waals surface area (Å²) in [6.07, 6.45) is 0.0986. The molecule has 1 unspecified atom stereocenters. The number of hydrazine groups is 2. The lowest BCUT2D eigenvalue weighted by molar-refractivity contribution is -0.381. The Morgan fingerprint density at radius 2 is 2.18 bits per heavy atom. The molecule has 1 fully saturated rings. The first-order chi connectivity index (χ1) is 10.3. The number of carbonyl (C=O) groups excluding carboxylic acids is 1. The number of aliphatic hydroxyl groups excluding tert-OH is 1. The number of nitrogens with one attached hydrogen (secondary N) is 1. The minimum absolute atomic E-state index is 0.0193. The first-order valence-electron chi connectivity index (χ1n) is 7.29. The Balaban J connectivity index is 2.38. The van der Waals surface area contributed by atoms with Crippen molar-refractivity contribution in [2.75, 3.05) is 20.3 Å². The van der Waals surface area contributed by atoms with Crippen LogP contribution >= 0.6 is 0 Å². The lowest BCUT2D eigenvalue weighted by Crippen LogP contribution is -2.54. The second-order valence-electron chi connectivity index (χ2n) is 5.96. The molecule has 1 saturated heterocycles. The smallest absolute Gasteiger partial charge is 0.429 e. The molecule has 0 aliphatic carbocycles. The zero-order chi connectivity index (χ0) is 16.8. The van der Waals surface area contributed by atoms with E-state index in [1.807, 2.05) is 0 Å². The molecule has 22 heavy (non-hydrogen) atoms. The van der Waals surface area contributed by atoms with E-state index in [9.17, 15) is 9.90 Å². The average molecular weight is 321 g/mol. The molecule has 0 radical (unpaired) electrons. The molecule has 0 bridgehead atoms. The SMILES string of the molecule is CON(NOC(C)OC(=O)OC(C)(C)C)N1CCC[C@H]1CO. The average Bonchev–Trinajstić information content (AvgIpc) is 2.85. The second-order valence-corrected chi connectivity index (χ2v) is 5.96. The molecule has 0 aromatic carbocycles. The Morgan fingerprint density at radius 1 is 1.50 bits per heavy atom. The van der Waals surface area contributed by atoms with Gasteiger partial charge in [0, 0.05) is 13.5 Å². The van der Waals surface area contributed by atoms with Crippen LogP contribution in [-0.4, -0.2) is 59.7 Å². The lowest BCUT2D eigenvalue weighted by atomic mass is 10.2. The summed E-state index contributed by atoms with van der Waals surface area (Å²) in [6.45, 7) is 7.51. The summed E-state index contributed by atoms with van der Waals surface area (Å²) in [7, 11) is 1.46. The highest BCUT2D eigenvalue weighted by Gasteiger charge is 2.30. The Bertz CT molecular complexity index is 349. The van der Waals surface area contributed by atoms with Crippen molar-refractivity contribution in [3.8, 4) is 0 Å². The number of aliphatic hydroxyl groups is 1. The van der Waals surface area contributed by atoms with E-state index in [1.165, 1.54) is 19.3 Å². The third-order valence-electron chi connectivity index (χ3n) is 2.91. The van der Waals surface area contributed by atoms with Crippen molar-refractivity contribution in [3.63, 3.8) is 0 Å². The van der Waals surface area contributed by atoms with Crippen LogP contribution in [0.2, 0.25) is 0 Å². The fraction of sp³-hybridized carbons (Fsp3) is 0.923. The van der Waals surface area contributed by atoms with Gasteiger partial charge in [0.25, 0.3) is 0 Å². The van der Waals surface area contributed by atoms with Gasteiger partial charge in [-0.15, -0.1) is 0 Å². The standard InChI is InChI=1S/C13H27N3O6/c1-10(20-12(18)21-13(2,3)4)22-14-16(19-5)15-8-6-7-11(15)9-17/h10-11,14,17H,6-9H2,1-5H3/t10?,11-/m0/s1. The highest BCUT2D eigenvalue weighted by molar-refractivity contribution is 5.60. The van der Waals surface area contributed by atoms with Crippen LogP contribution in [0.1, 0.15) is 40.5 Å². The van der Waals surface area contributed by atoms with E-state index in [4.69, 9.17) is 19.1 Å². The quantitative estimate of drug-likeness (QED) is 0.404. The van der Waals surface area contributed by atoms with E-state index >= 15 is 0 Å². The van der Waals surface area contributed by atoms with Gasteiger partial charge in [-0.2, -0.15) is 5.01 Å². The molecule has 2 N–H and O–H groups in total. The molecular weight excluding hydrogens is 294 g/mol. The summed E-state index contributed by atoms with van der Waals surface area (Å²) >= 11 is 0. The molecule has 2 atom stereocenters. The van der Waals surface area contributed by atoms with E-state index in [-0.39, 0.29) is 12.6 Å². The molecule has 0 aromatic rings. The normalized spacial score (nSPS) is 21.1. The van der Waals surface area contributed by atoms with Gasteiger partial charge in [0.05, 0.1) is 19.8 Å². The third kappa shape index (κ3) is 6.42. The fourth-order valence-corrected chi connectivity index (χ4v) is 1.99. The Morgan fingerprint density at radius 3 is 2.73 bits per heavy atom. The number of hydrogen-bond donors (Lipinski definition) is 2. The van der Waals surface area contributed by atoms with E-state index in [0.717, 1.165) is 19.4 Å². The number of nitrogens with zero attached hydrogens (tertiary/aromatic N) is 2. The molecule has 0 saturated carbocycles. The second kappa shape index (κ2) is 8.61. The van der Waals surface area contributed by atoms with Gasteiger partial charge < -0.3 is 14.6 Å². The first-order valence-corrected chi connectivity index (χ1v) is 7.29. The summed E-state index contributed by atoms with van der Waals surface area (Å²) < 4.78 is 9.96. The molecule has 1 aliphatic heterocycles. The number of rotatable bonds is 7. The van der Waals surface area contributed by atoms with Crippen molar-refractivity contribution in [2.45, 2.75) is 58.5 Å². The molecule has 1 heterocycles. The van der Waals surface area contributed by atoms with Crippen LogP contribution in [0.15, 0.2) is 0 Å². The van der Waals surface area contributed by atoms with Crippen molar-refractivity contribution in [1.82, 2.24) is 15.9 Å². The Kier molecular flexibility index (Phi) is 7.46. The Labute approximate surface area is 130 Å². The van der Waals surface area contributed by atoms with Crippen LogP contribution in [-0.2, 0) is 19.1 Å². The maximum Gasteiger partial charge on any atom is 0.511 e. The summed E-state index contributed by atoms with van der Waals surface area (Å²) in [5, 5.41) is 12.4. The van der Waals surface area contributed by atoms with Crippen LogP contribution in [0, 0.1) is 0 Å². The lowest BCUT2D eigenvalue weighted by Gasteiger charge is -2.32. The number of carbonyl (C=O) groups is 1. The van der Waals surface area contributed by atoms with E-state index < -0.39 is 18.0 Å². The van der Waals surface area contributed by atoms with Crippen molar-refractivity contribution < 1.29 is 29.0 Å². The molecule has 0 spiro atoms. The zero-order valence-electron chi connectivity index (χ0n) is 13.9. The molecule has 9 nitrogen and oxygen atoms in total. The van der Waals surface area contributed by atoms with Crippen molar-refractivity contribution in [1.29, 1.82) is 0 Å². The van der Waals surface area contributed by atoms with Crippen LogP contribution in [0.4, 0.5) is 4.79 Å². The highest BCUT2D eigenvalue weighted by Crippen LogP contribution is 2.18. The summed E-state index contributed by atoms with van der Waals surface area (Å²) in [4.78, 5) is 21.8. The fourth-order valence-electron chi connectivity index (χ4n) is 1.99. The van der Waals surface area contributed by atoms with Gasteiger partial charge >= 0.3 is 6.16 Å². The molecule has 1 rings (SSSR count). The van der Waals surface area contributed by atoms with Crippen LogP contribution in [0.5, 0.6) is 0 Å². The topological polar surface area (TPSA) is 92.7 Å². The minimum Gasteiger partial charge on any atom is -0.429 e. The largest absolute Gasteiger partial charge is 0.511 e. The summed E-state index contributed by atoms with van der Waals surface area (Å²) in [5.41, 5.74) is 1.90. The molecule has 1 aliphatic rings. The van der Waals surface area contributed by atoms with E-state index in [0.29, 0.717) is 0 Å². The number of ether oxygens (including phenoxy) is 2. The maximum absolute atomic E-state index is 11.5. The van der Waals surface area contributed by atoms with Gasteiger partial charge in [0.2, 0.25) is 6.29 Å². The van der Waals surface area contributed by atoms with Gasteiger partial charge in [0.15, 0.2) is 0 Å². The van der Waals surface area contributed by atoms with Crippen LogP contribution in [0.3, 0.4) is 0 Å². The van der Waals surface area contributed by atoms with Crippen molar-refractivity contribution >= 4 is 6.16 Å². The molecule has 9 heteroatoms. The van der Waals surface area contributed by atoms with Crippen molar-refractivity contribution in [2.24, 2.45) is 0 Å². The predicted octanol–water partition coefficient (Wildman–Crippen LogP) is 0.955. The monoisotopic (exact) mass is 321 g/mol.